The average molecular weight is 400 g/mol. The van der Waals surface area contributed by atoms with Gasteiger partial charge in [-0.3, -0.25) is 4.98 Å². The van der Waals surface area contributed by atoms with Crippen molar-refractivity contribution in [3.63, 3.8) is 0 Å². The highest BCUT2D eigenvalue weighted by Crippen LogP contribution is 2.32. The zero-order valence-corrected chi connectivity index (χ0v) is 17.6. The first kappa shape index (κ1) is 21.3. The fraction of sp³-hybridized carbons (Fsp3) is 0.200. The van der Waals surface area contributed by atoms with E-state index in [-0.39, 0.29) is 0 Å². The zero-order chi connectivity index (χ0) is 21.3. The van der Waals surface area contributed by atoms with Crippen LogP contribution in [0.3, 0.4) is 0 Å². The van der Waals surface area contributed by atoms with Crippen molar-refractivity contribution in [3.05, 3.63) is 72.9 Å². The van der Waals surface area contributed by atoms with Crippen molar-refractivity contribution in [3.8, 4) is 22.4 Å². The van der Waals surface area contributed by atoms with Crippen molar-refractivity contribution in [2.45, 2.75) is 20.3 Å². The average Bonchev–Trinajstić information content (AvgIpc) is 2.81. The monoisotopic (exact) mass is 399 g/mol. The topological polar surface area (TPSA) is 89.8 Å². The number of fused-ring (bicyclic) bond motifs is 1. The molecular formula is C25H29N5. The van der Waals surface area contributed by atoms with Crippen LogP contribution in [0.4, 0.5) is 11.5 Å². The van der Waals surface area contributed by atoms with E-state index in [9.17, 15) is 0 Å². The third-order valence-corrected chi connectivity index (χ3v) is 4.71. The number of nitrogens with two attached hydrogens (primary N) is 2. The van der Waals surface area contributed by atoms with Gasteiger partial charge >= 0.3 is 0 Å². The van der Waals surface area contributed by atoms with Crippen LogP contribution >= 0.6 is 0 Å². The van der Waals surface area contributed by atoms with Crippen molar-refractivity contribution in [2.24, 2.45) is 5.73 Å². The maximum atomic E-state index is 6.24. The third kappa shape index (κ3) is 4.75. The van der Waals surface area contributed by atoms with Gasteiger partial charge in [0.1, 0.15) is 5.82 Å². The smallest absolute Gasteiger partial charge is 0.136 e. The van der Waals surface area contributed by atoms with Crippen LogP contribution in [-0.2, 0) is 0 Å². The van der Waals surface area contributed by atoms with Crippen molar-refractivity contribution in [2.75, 3.05) is 24.1 Å². The number of rotatable bonds is 6. The number of hydrogen-bond acceptors (Lipinski definition) is 5. The van der Waals surface area contributed by atoms with E-state index >= 15 is 0 Å². The Balaban J connectivity index is 0.00000124. The lowest BCUT2D eigenvalue weighted by atomic mass is 9.99. The van der Waals surface area contributed by atoms with Gasteiger partial charge in [-0.15, -0.1) is 0 Å². The molecule has 0 atom stereocenters. The molecule has 2 heterocycles. The minimum absolute atomic E-state index is 0.640. The fourth-order valence-electron chi connectivity index (χ4n) is 3.25. The first-order valence-electron chi connectivity index (χ1n) is 10.4. The molecule has 4 aromatic rings. The van der Waals surface area contributed by atoms with Crippen molar-refractivity contribution in [1.82, 2.24) is 9.97 Å². The Bertz CT molecular complexity index is 1090. The minimum Gasteiger partial charge on any atom is -0.398 e. The summed E-state index contributed by atoms with van der Waals surface area (Å²) in [6.07, 6.45) is 2.68. The third-order valence-electron chi connectivity index (χ3n) is 4.71. The minimum atomic E-state index is 0.640. The standard InChI is InChI=1S/C23H23N5.C2H6/c24-11-5-13-27-23-18-8-4-12-26-22(18)15-21(28-23)17-9-10-20(25)19(14-17)16-6-2-1-3-7-16;1-2/h1-4,6-10,12,14-15H,5,11,13,24-25H2,(H,27,28);1-2H3. The molecule has 5 N–H and O–H groups in total. The quantitative estimate of drug-likeness (QED) is 0.301. The largest absolute Gasteiger partial charge is 0.398 e. The molecule has 0 fully saturated rings. The maximum Gasteiger partial charge on any atom is 0.136 e. The Kier molecular flexibility index (Phi) is 7.35. The van der Waals surface area contributed by atoms with Gasteiger partial charge in [-0.05, 0) is 48.9 Å². The number of hydrogen-bond donors (Lipinski definition) is 3. The molecule has 4 rings (SSSR count). The summed E-state index contributed by atoms with van der Waals surface area (Å²) in [4.78, 5) is 9.40. The van der Waals surface area contributed by atoms with Gasteiger partial charge in [-0.1, -0.05) is 50.2 Å². The van der Waals surface area contributed by atoms with E-state index in [0.29, 0.717) is 6.54 Å². The molecule has 0 saturated heterocycles. The Morgan fingerprint density at radius 3 is 2.47 bits per heavy atom. The van der Waals surface area contributed by atoms with Crippen LogP contribution in [0, 0.1) is 0 Å². The summed E-state index contributed by atoms with van der Waals surface area (Å²) in [7, 11) is 0. The molecule has 0 spiro atoms. The number of aromatic nitrogens is 2. The lowest BCUT2D eigenvalue weighted by Gasteiger charge is -2.13. The van der Waals surface area contributed by atoms with Crippen molar-refractivity contribution in [1.29, 1.82) is 0 Å². The molecule has 5 heteroatoms. The summed E-state index contributed by atoms with van der Waals surface area (Å²) >= 11 is 0. The molecule has 154 valence electrons. The second kappa shape index (κ2) is 10.4. The number of nitrogens with zero attached hydrogens (tertiary/aromatic N) is 2. The summed E-state index contributed by atoms with van der Waals surface area (Å²) in [5.74, 6) is 0.826. The van der Waals surface area contributed by atoms with Crippen LogP contribution < -0.4 is 16.8 Å². The van der Waals surface area contributed by atoms with E-state index in [1.54, 1.807) is 6.20 Å². The van der Waals surface area contributed by atoms with E-state index in [0.717, 1.165) is 57.8 Å². The van der Waals surface area contributed by atoms with E-state index < -0.39 is 0 Å². The lowest BCUT2D eigenvalue weighted by Crippen LogP contribution is -2.10. The fourth-order valence-corrected chi connectivity index (χ4v) is 3.25. The Morgan fingerprint density at radius 2 is 1.70 bits per heavy atom. The van der Waals surface area contributed by atoms with E-state index in [4.69, 9.17) is 16.5 Å². The predicted octanol–water partition coefficient (Wildman–Crippen LogP) is 5.33. The molecule has 0 bridgehead atoms. The second-order valence-corrected chi connectivity index (χ2v) is 6.66. The number of nitrogen functional groups attached to an aromatic ring is 1. The molecule has 0 radical (unpaired) electrons. The van der Waals surface area contributed by atoms with Crippen LogP contribution in [0.5, 0.6) is 0 Å². The summed E-state index contributed by atoms with van der Waals surface area (Å²) in [6.45, 7) is 5.41. The van der Waals surface area contributed by atoms with E-state index in [1.807, 2.05) is 62.4 Å². The Morgan fingerprint density at radius 1 is 0.900 bits per heavy atom. The highest BCUT2D eigenvalue weighted by molar-refractivity contribution is 5.92. The van der Waals surface area contributed by atoms with Crippen molar-refractivity contribution >= 4 is 22.4 Å². The number of benzene rings is 2. The molecule has 0 aliphatic carbocycles. The number of pyridine rings is 2. The first-order valence-corrected chi connectivity index (χ1v) is 10.4. The molecule has 2 aromatic carbocycles. The predicted molar refractivity (Wildman–Crippen MR) is 128 cm³/mol. The molecule has 5 nitrogen and oxygen atoms in total. The molecular weight excluding hydrogens is 370 g/mol. The summed E-state index contributed by atoms with van der Waals surface area (Å²) < 4.78 is 0. The summed E-state index contributed by atoms with van der Waals surface area (Å²) in [6, 6.07) is 22.1. The molecule has 30 heavy (non-hydrogen) atoms. The maximum absolute atomic E-state index is 6.24. The number of nitrogens with one attached hydrogen (secondary N) is 1. The van der Waals surface area contributed by atoms with Gasteiger partial charge in [0.05, 0.1) is 11.2 Å². The molecule has 0 aliphatic heterocycles. The highest BCUT2D eigenvalue weighted by atomic mass is 15.0. The Labute approximate surface area is 178 Å². The van der Waals surface area contributed by atoms with Crippen LogP contribution in [0.1, 0.15) is 20.3 Å². The van der Waals surface area contributed by atoms with Gasteiger partial charge in [-0.2, -0.15) is 0 Å². The number of anilines is 2. The van der Waals surface area contributed by atoms with Gasteiger partial charge in [-0.25, -0.2) is 4.98 Å². The van der Waals surface area contributed by atoms with Crippen LogP contribution in [-0.4, -0.2) is 23.1 Å². The van der Waals surface area contributed by atoms with Gasteiger partial charge in [0.15, 0.2) is 0 Å². The summed E-state index contributed by atoms with van der Waals surface area (Å²) in [5.41, 5.74) is 17.5. The normalized spacial score (nSPS) is 10.4. The SMILES string of the molecule is CC.NCCCNc1nc(-c2ccc(N)c(-c3ccccc3)c2)cc2ncccc12. The van der Waals surface area contributed by atoms with Gasteiger partial charge in [0.2, 0.25) is 0 Å². The van der Waals surface area contributed by atoms with Crippen LogP contribution in [0.15, 0.2) is 72.9 Å². The van der Waals surface area contributed by atoms with Crippen LogP contribution in [0.2, 0.25) is 0 Å². The molecule has 0 amide bonds. The van der Waals surface area contributed by atoms with Crippen molar-refractivity contribution < 1.29 is 0 Å². The molecule has 2 aromatic heterocycles. The lowest BCUT2D eigenvalue weighted by molar-refractivity contribution is 0.871. The second-order valence-electron chi connectivity index (χ2n) is 6.66. The first-order chi connectivity index (χ1) is 14.8. The van der Waals surface area contributed by atoms with Crippen LogP contribution in [0.25, 0.3) is 33.3 Å². The van der Waals surface area contributed by atoms with Gasteiger partial charge < -0.3 is 16.8 Å². The van der Waals surface area contributed by atoms with E-state index in [2.05, 4.69) is 28.5 Å². The molecule has 0 aliphatic rings. The zero-order valence-electron chi connectivity index (χ0n) is 17.6. The van der Waals surface area contributed by atoms with Gasteiger partial charge in [0, 0.05) is 34.9 Å². The molecule has 0 unspecified atom stereocenters. The summed E-state index contributed by atoms with van der Waals surface area (Å²) in [5, 5.41) is 4.40. The van der Waals surface area contributed by atoms with Gasteiger partial charge in [0.25, 0.3) is 0 Å². The molecule has 0 saturated carbocycles. The Hall–Kier alpha value is -3.44. The highest BCUT2D eigenvalue weighted by Gasteiger charge is 2.11. The van der Waals surface area contributed by atoms with E-state index in [1.165, 1.54) is 0 Å².